The van der Waals surface area contributed by atoms with Gasteiger partial charge in [0.1, 0.15) is 5.75 Å². The molecule has 1 saturated heterocycles. The second kappa shape index (κ2) is 8.60. The molecule has 2 aromatic rings. The molecule has 1 amide bonds. The number of nitrogens with zero attached hydrogens (tertiary/aromatic N) is 2. The summed E-state index contributed by atoms with van der Waals surface area (Å²) < 4.78 is 10.3. The Labute approximate surface area is 163 Å². The third kappa shape index (κ3) is 4.51. The molecule has 0 bridgehead atoms. The molecule has 0 aromatic heterocycles. The van der Waals surface area contributed by atoms with Crippen molar-refractivity contribution in [3.8, 4) is 11.5 Å². The number of amides is 1. The summed E-state index contributed by atoms with van der Waals surface area (Å²) >= 11 is 0. The predicted octanol–water partition coefficient (Wildman–Crippen LogP) is 3.53. The van der Waals surface area contributed by atoms with Crippen LogP contribution in [0.25, 0.3) is 0 Å². The molecule has 0 radical (unpaired) electrons. The number of methoxy groups -OCH3 is 1. The molecular weight excluding hydrogens is 362 g/mol. The zero-order valence-corrected chi connectivity index (χ0v) is 15.9. The maximum atomic E-state index is 12.2. The van der Waals surface area contributed by atoms with Crippen molar-refractivity contribution < 1.29 is 19.2 Å². The Hall–Kier alpha value is -3.29. The lowest BCUT2D eigenvalue weighted by molar-refractivity contribution is -0.385. The number of ether oxygens (including phenoxy) is 2. The van der Waals surface area contributed by atoms with Crippen LogP contribution in [0.15, 0.2) is 36.4 Å². The Bertz CT molecular complexity index is 878. The molecule has 8 heteroatoms. The first-order valence-corrected chi connectivity index (χ1v) is 9.08. The molecule has 3 rings (SSSR count). The fourth-order valence-corrected chi connectivity index (χ4v) is 3.18. The van der Waals surface area contributed by atoms with E-state index in [1.807, 2.05) is 19.1 Å². The minimum absolute atomic E-state index is 0.0158. The Morgan fingerprint density at radius 1 is 1.21 bits per heavy atom. The molecule has 0 atom stereocenters. The van der Waals surface area contributed by atoms with E-state index < -0.39 is 4.92 Å². The van der Waals surface area contributed by atoms with Crippen LogP contribution in [0.1, 0.15) is 18.4 Å². The standard InChI is InChI=1S/C20H23N3O5/c1-14-11-15(22-9-3-4-10-22)5-7-17(14)21-20(24)13-28-19-8-6-16(27-2)12-18(19)23(25)26/h5-8,11-12H,3-4,9-10,13H2,1-2H3,(H,21,24). The Morgan fingerprint density at radius 3 is 2.61 bits per heavy atom. The van der Waals surface area contributed by atoms with E-state index in [1.54, 1.807) is 6.07 Å². The molecule has 2 aromatic carbocycles. The second-order valence-electron chi connectivity index (χ2n) is 6.62. The predicted molar refractivity (Wildman–Crippen MR) is 106 cm³/mol. The van der Waals surface area contributed by atoms with Gasteiger partial charge < -0.3 is 19.7 Å². The summed E-state index contributed by atoms with van der Waals surface area (Å²) in [5, 5.41) is 14.0. The number of nitrogens with one attached hydrogen (secondary N) is 1. The average molecular weight is 385 g/mol. The first kappa shape index (κ1) is 19.5. The summed E-state index contributed by atoms with van der Waals surface area (Å²) in [5.74, 6) is -0.0265. The van der Waals surface area contributed by atoms with Crippen LogP contribution in [0.3, 0.4) is 0 Å². The maximum Gasteiger partial charge on any atom is 0.314 e. The molecule has 1 aliphatic rings. The highest BCUT2D eigenvalue weighted by molar-refractivity contribution is 5.93. The molecular formula is C20H23N3O5. The average Bonchev–Trinajstić information content (AvgIpc) is 3.22. The van der Waals surface area contributed by atoms with Gasteiger partial charge in [-0.15, -0.1) is 0 Å². The summed E-state index contributed by atoms with van der Waals surface area (Å²) in [6.45, 7) is 3.71. The van der Waals surface area contributed by atoms with Crippen molar-refractivity contribution in [2.45, 2.75) is 19.8 Å². The quantitative estimate of drug-likeness (QED) is 0.579. The van der Waals surface area contributed by atoms with Crippen LogP contribution >= 0.6 is 0 Å². The summed E-state index contributed by atoms with van der Waals surface area (Å²) in [7, 11) is 1.42. The van der Waals surface area contributed by atoms with Crippen LogP contribution in [-0.4, -0.2) is 37.6 Å². The van der Waals surface area contributed by atoms with Crippen molar-refractivity contribution in [3.05, 3.63) is 52.1 Å². The van der Waals surface area contributed by atoms with Crippen LogP contribution in [0.2, 0.25) is 0 Å². The fraction of sp³-hybridized carbons (Fsp3) is 0.350. The highest BCUT2D eigenvalue weighted by Gasteiger charge is 2.18. The van der Waals surface area contributed by atoms with Crippen LogP contribution in [0, 0.1) is 17.0 Å². The Kier molecular flexibility index (Phi) is 5.98. The first-order chi connectivity index (χ1) is 13.5. The molecule has 0 saturated carbocycles. The van der Waals surface area contributed by atoms with E-state index in [0.29, 0.717) is 11.4 Å². The van der Waals surface area contributed by atoms with Crippen molar-refractivity contribution in [1.29, 1.82) is 0 Å². The largest absolute Gasteiger partial charge is 0.496 e. The van der Waals surface area contributed by atoms with Gasteiger partial charge in [-0.3, -0.25) is 14.9 Å². The number of anilines is 2. The number of benzene rings is 2. The SMILES string of the molecule is COc1ccc(OCC(=O)Nc2ccc(N3CCCC3)cc2C)c([N+](=O)[O-])c1. The van der Waals surface area contributed by atoms with E-state index in [1.165, 1.54) is 32.1 Å². The van der Waals surface area contributed by atoms with E-state index in [9.17, 15) is 14.9 Å². The number of aryl methyl sites for hydroxylation is 1. The van der Waals surface area contributed by atoms with Crippen molar-refractivity contribution >= 4 is 23.0 Å². The van der Waals surface area contributed by atoms with Gasteiger partial charge in [0.15, 0.2) is 12.4 Å². The molecule has 1 fully saturated rings. The van der Waals surface area contributed by atoms with Gasteiger partial charge in [-0.2, -0.15) is 0 Å². The molecule has 148 valence electrons. The number of nitro benzene ring substituents is 1. The van der Waals surface area contributed by atoms with E-state index in [0.717, 1.165) is 24.3 Å². The molecule has 0 unspecified atom stereocenters. The van der Waals surface area contributed by atoms with Gasteiger partial charge in [-0.25, -0.2) is 0 Å². The van der Waals surface area contributed by atoms with Crippen LogP contribution < -0.4 is 19.7 Å². The number of carbonyl (C=O) groups is 1. The van der Waals surface area contributed by atoms with Crippen LogP contribution in [0.4, 0.5) is 17.1 Å². The number of hydrogen-bond donors (Lipinski definition) is 1. The highest BCUT2D eigenvalue weighted by atomic mass is 16.6. The minimum Gasteiger partial charge on any atom is -0.496 e. The number of hydrogen-bond acceptors (Lipinski definition) is 6. The van der Waals surface area contributed by atoms with Crippen LogP contribution in [-0.2, 0) is 4.79 Å². The van der Waals surface area contributed by atoms with E-state index in [2.05, 4.69) is 16.3 Å². The minimum atomic E-state index is -0.572. The van der Waals surface area contributed by atoms with E-state index in [4.69, 9.17) is 9.47 Å². The third-order valence-electron chi connectivity index (χ3n) is 4.68. The van der Waals surface area contributed by atoms with Crippen molar-refractivity contribution in [2.75, 3.05) is 37.0 Å². The van der Waals surface area contributed by atoms with Crippen molar-refractivity contribution in [3.63, 3.8) is 0 Å². The van der Waals surface area contributed by atoms with Crippen molar-refractivity contribution in [1.82, 2.24) is 0 Å². The summed E-state index contributed by atoms with van der Waals surface area (Å²) in [4.78, 5) is 25.2. The van der Waals surface area contributed by atoms with Crippen LogP contribution in [0.5, 0.6) is 11.5 Å². The molecule has 1 aliphatic heterocycles. The van der Waals surface area contributed by atoms with Gasteiger partial charge >= 0.3 is 5.69 Å². The summed E-state index contributed by atoms with van der Waals surface area (Å²) in [6, 6.07) is 10.1. The third-order valence-corrected chi connectivity index (χ3v) is 4.68. The zero-order valence-electron chi connectivity index (χ0n) is 15.9. The van der Waals surface area contributed by atoms with E-state index in [-0.39, 0.29) is 24.0 Å². The lowest BCUT2D eigenvalue weighted by Gasteiger charge is -2.19. The Balaban J connectivity index is 1.62. The summed E-state index contributed by atoms with van der Waals surface area (Å²) in [6.07, 6.45) is 2.40. The molecule has 0 aliphatic carbocycles. The molecule has 28 heavy (non-hydrogen) atoms. The van der Waals surface area contributed by atoms with Gasteiger partial charge in [0.2, 0.25) is 0 Å². The fourth-order valence-electron chi connectivity index (χ4n) is 3.18. The van der Waals surface area contributed by atoms with Gasteiger partial charge in [-0.1, -0.05) is 0 Å². The summed E-state index contributed by atoms with van der Waals surface area (Å²) in [5.41, 5.74) is 2.55. The zero-order chi connectivity index (χ0) is 20.1. The number of nitro groups is 1. The Morgan fingerprint density at radius 2 is 1.96 bits per heavy atom. The second-order valence-corrected chi connectivity index (χ2v) is 6.62. The number of rotatable bonds is 7. The topological polar surface area (TPSA) is 93.9 Å². The monoisotopic (exact) mass is 385 g/mol. The molecule has 1 heterocycles. The van der Waals surface area contributed by atoms with Gasteiger partial charge in [-0.05, 0) is 55.7 Å². The van der Waals surface area contributed by atoms with Gasteiger partial charge in [0.05, 0.1) is 18.1 Å². The lowest BCUT2D eigenvalue weighted by atomic mass is 10.1. The molecule has 8 nitrogen and oxygen atoms in total. The highest BCUT2D eigenvalue weighted by Crippen LogP contribution is 2.31. The number of carbonyl (C=O) groups excluding carboxylic acids is 1. The smallest absolute Gasteiger partial charge is 0.314 e. The van der Waals surface area contributed by atoms with E-state index >= 15 is 0 Å². The van der Waals surface area contributed by atoms with Gasteiger partial charge in [0, 0.05) is 24.5 Å². The molecule has 1 N–H and O–H groups in total. The molecule has 0 spiro atoms. The van der Waals surface area contributed by atoms with Crippen molar-refractivity contribution in [2.24, 2.45) is 0 Å². The van der Waals surface area contributed by atoms with Gasteiger partial charge in [0.25, 0.3) is 5.91 Å². The first-order valence-electron chi connectivity index (χ1n) is 9.08. The lowest BCUT2D eigenvalue weighted by Crippen LogP contribution is -2.21. The normalized spacial score (nSPS) is 13.3. The maximum absolute atomic E-state index is 12.2.